The first-order valence-corrected chi connectivity index (χ1v) is 9.71. The van der Waals surface area contributed by atoms with Crippen molar-refractivity contribution in [1.82, 2.24) is 20.4 Å². The Labute approximate surface area is 195 Å². The van der Waals surface area contributed by atoms with Crippen LogP contribution in [0.15, 0.2) is 53.5 Å². The van der Waals surface area contributed by atoms with Gasteiger partial charge in [0, 0.05) is 25.8 Å². The van der Waals surface area contributed by atoms with Gasteiger partial charge in [0.25, 0.3) is 0 Å². The molecule has 2 N–H and O–H groups in total. The molecule has 1 aromatic heterocycles. The minimum absolute atomic E-state index is 0. The van der Waals surface area contributed by atoms with Crippen LogP contribution in [0.2, 0.25) is 0 Å². The number of methoxy groups -OCH3 is 1. The third-order valence-electron chi connectivity index (χ3n) is 4.82. The molecule has 0 amide bonds. The first-order chi connectivity index (χ1) is 14.0. The number of para-hydroxylation sites is 1. The molecule has 1 heterocycles. The number of rotatable bonds is 6. The van der Waals surface area contributed by atoms with Gasteiger partial charge in [-0.2, -0.15) is 5.10 Å². The zero-order valence-corrected chi connectivity index (χ0v) is 20.5. The Balaban J connectivity index is 0.00000320. The van der Waals surface area contributed by atoms with Gasteiger partial charge in [0.2, 0.25) is 0 Å². The summed E-state index contributed by atoms with van der Waals surface area (Å²) in [6.45, 7) is 7.46. The van der Waals surface area contributed by atoms with E-state index in [0.717, 1.165) is 39.9 Å². The van der Waals surface area contributed by atoms with Crippen LogP contribution < -0.4 is 15.4 Å². The topological polar surface area (TPSA) is 63.5 Å². The second-order valence-corrected chi connectivity index (χ2v) is 7.05. The first-order valence-electron chi connectivity index (χ1n) is 9.71. The smallest absolute Gasteiger partial charge is 0.191 e. The lowest BCUT2D eigenvalue weighted by Gasteiger charge is -2.15. The number of nitrogens with zero attached hydrogens (tertiary/aromatic N) is 3. The van der Waals surface area contributed by atoms with E-state index in [2.05, 4.69) is 58.0 Å². The lowest BCUT2D eigenvalue weighted by Crippen LogP contribution is -2.36. The van der Waals surface area contributed by atoms with E-state index in [1.807, 2.05) is 36.7 Å². The quantitative estimate of drug-likeness (QED) is 0.290. The molecule has 0 unspecified atom stereocenters. The summed E-state index contributed by atoms with van der Waals surface area (Å²) < 4.78 is 7.32. The van der Waals surface area contributed by atoms with Crippen LogP contribution >= 0.6 is 24.0 Å². The standard InChI is InChI=1S/C23H29N5O.HI/c1-16-12-19(10-11-22(16)29-5)14-25-23(24-4)26-15-20-8-6-7-9-21(20)28-18(3)13-17(2)27-28;/h6-13H,14-15H2,1-5H3,(H2,24,25,26);1H. The van der Waals surface area contributed by atoms with Crippen LogP contribution in [0.3, 0.4) is 0 Å². The summed E-state index contributed by atoms with van der Waals surface area (Å²) in [4.78, 5) is 4.35. The lowest BCUT2D eigenvalue weighted by molar-refractivity contribution is 0.411. The van der Waals surface area contributed by atoms with Gasteiger partial charge in [0.1, 0.15) is 5.75 Å². The first kappa shape index (κ1) is 23.7. The van der Waals surface area contributed by atoms with E-state index in [9.17, 15) is 0 Å². The van der Waals surface area contributed by atoms with E-state index >= 15 is 0 Å². The predicted molar refractivity (Wildman–Crippen MR) is 133 cm³/mol. The monoisotopic (exact) mass is 519 g/mol. The largest absolute Gasteiger partial charge is 0.496 e. The summed E-state index contributed by atoms with van der Waals surface area (Å²) in [7, 11) is 3.47. The zero-order chi connectivity index (χ0) is 20.8. The highest BCUT2D eigenvalue weighted by molar-refractivity contribution is 14.0. The number of aromatic nitrogens is 2. The number of hydrogen-bond donors (Lipinski definition) is 2. The molecule has 6 nitrogen and oxygen atoms in total. The third-order valence-corrected chi connectivity index (χ3v) is 4.82. The molecule has 0 saturated carbocycles. The van der Waals surface area contributed by atoms with Crippen LogP contribution in [-0.4, -0.2) is 29.9 Å². The van der Waals surface area contributed by atoms with Crippen LogP contribution in [-0.2, 0) is 13.1 Å². The SMILES string of the molecule is CN=C(NCc1ccc(OC)c(C)c1)NCc1ccccc1-n1nc(C)cc1C.I. The van der Waals surface area contributed by atoms with Gasteiger partial charge in [-0.3, -0.25) is 4.99 Å². The number of hydrogen-bond acceptors (Lipinski definition) is 3. The molecule has 0 aliphatic rings. The molecule has 3 rings (SSSR count). The Hall–Kier alpha value is -2.55. The zero-order valence-electron chi connectivity index (χ0n) is 18.2. The lowest BCUT2D eigenvalue weighted by atomic mass is 10.1. The normalized spacial score (nSPS) is 11.0. The fourth-order valence-electron chi connectivity index (χ4n) is 3.38. The van der Waals surface area contributed by atoms with Crippen molar-refractivity contribution in [3.8, 4) is 11.4 Å². The van der Waals surface area contributed by atoms with Crippen molar-refractivity contribution in [1.29, 1.82) is 0 Å². The molecule has 0 radical (unpaired) electrons. The number of aryl methyl sites for hydroxylation is 3. The minimum atomic E-state index is 0. The van der Waals surface area contributed by atoms with Crippen LogP contribution in [0, 0.1) is 20.8 Å². The van der Waals surface area contributed by atoms with Crippen molar-refractivity contribution in [3.05, 3.63) is 76.6 Å². The van der Waals surface area contributed by atoms with Gasteiger partial charge in [0.05, 0.1) is 18.5 Å². The highest BCUT2D eigenvalue weighted by Crippen LogP contribution is 2.19. The van der Waals surface area contributed by atoms with Crippen molar-refractivity contribution in [3.63, 3.8) is 0 Å². The molecule has 0 spiro atoms. The van der Waals surface area contributed by atoms with Crippen LogP contribution in [0.1, 0.15) is 28.1 Å². The molecule has 0 atom stereocenters. The summed E-state index contributed by atoms with van der Waals surface area (Å²) in [5.41, 5.74) is 6.65. The van der Waals surface area contributed by atoms with E-state index in [1.165, 1.54) is 5.56 Å². The van der Waals surface area contributed by atoms with Gasteiger partial charge in [-0.05, 0) is 55.7 Å². The average Bonchev–Trinajstić information content (AvgIpc) is 3.06. The molecule has 0 saturated heterocycles. The minimum Gasteiger partial charge on any atom is -0.496 e. The van der Waals surface area contributed by atoms with E-state index in [1.54, 1.807) is 14.2 Å². The molecule has 0 bridgehead atoms. The summed E-state index contributed by atoms with van der Waals surface area (Å²) in [5.74, 6) is 1.65. The fraction of sp³-hybridized carbons (Fsp3) is 0.304. The van der Waals surface area contributed by atoms with E-state index in [4.69, 9.17) is 4.74 Å². The summed E-state index contributed by atoms with van der Waals surface area (Å²) in [6, 6.07) is 16.5. The van der Waals surface area contributed by atoms with E-state index in [-0.39, 0.29) is 24.0 Å². The van der Waals surface area contributed by atoms with Gasteiger partial charge >= 0.3 is 0 Å². The van der Waals surface area contributed by atoms with Gasteiger partial charge in [-0.25, -0.2) is 4.68 Å². The number of ether oxygens (including phenoxy) is 1. The van der Waals surface area contributed by atoms with Crippen LogP contribution in [0.25, 0.3) is 5.69 Å². The molecule has 0 fully saturated rings. The Morgan fingerprint density at radius 1 is 1.03 bits per heavy atom. The maximum absolute atomic E-state index is 5.33. The van der Waals surface area contributed by atoms with Gasteiger partial charge in [-0.15, -0.1) is 24.0 Å². The number of benzene rings is 2. The molecule has 0 aliphatic carbocycles. The second-order valence-electron chi connectivity index (χ2n) is 7.05. The van der Waals surface area contributed by atoms with Crippen molar-refractivity contribution >= 4 is 29.9 Å². The number of aliphatic imine (C=N–C) groups is 1. The fourth-order valence-corrected chi connectivity index (χ4v) is 3.38. The third kappa shape index (κ3) is 5.75. The van der Waals surface area contributed by atoms with Gasteiger partial charge < -0.3 is 15.4 Å². The predicted octanol–water partition coefficient (Wildman–Crippen LogP) is 4.29. The van der Waals surface area contributed by atoms with Crippen molar-refractivity contribution < 1.29 is 4.74 Å². The number of halogens is 1. The molecule has 3 aromatic rings. The molecular weight excluding hydrogens is 489 g/mol. The summed E-state index contributed by atoms with van der Waals surface area (Å²) in [5, 5.41) is 11.4. The molecular formula is C23H30IN5O. The molecule has 7 heteroatoms. The molecule has 30 heavy (non-hydrogen) atoms. The van der Waals surface area contributed by atoms with Gasteiger partial charge in [0.15, 0.2) is 5.96 Å². The van der Waals surface area contributed by atoms with E-state index < -0.39 is 0 Å². The summed E-state index contributed by atoms with van der Waals surface area (Å²) in [6.07, 6.45) is 0. The van der Waals surface area contributed by atoms with Crippen molar-refractivity contribution in [2.24, 2.45) is 4.99 Å². The van der Waals surface area contributed by atoms with Crippen molar-refractivity contribution in [2.45, 2.75) is 33.9 Å². The van der Waals surface area contributed by atoms with Crippen LogP contribution in [0.4, 0.5) is 0 Å². The maximum atomic E-state index is 5.33. The molecule has 0 aliphatic heterocycles. The number of guanidine groups is 1. The maximum Gasteiger partial charge on any atom is 0.191 e. The Bertz CT molecular complexity index is 1010. The highest BCUT2D eigenvalue weighted by Gasteiger charge is 2.09. The van der Waals surface area contributed by atoms with Crippen molar-refractivity contribution in [2.75, 3.05) is 14.2 Å². The van der Waals surface area contributed by atoms with Crippen LogP contribution in [0.5, 0.6) is 5.75 Å². The average molecular weight is 519 g/mol. The second kappa shape index (κ2) is 11.0. The number of nitrogens with one attached hydrogen (secondary N) is 2. The summed E-state index contributed by atoms with van der Waals surface area (Å²) >= 11 is 0. The highest BCUT2D eigenvalue weighted by atomic mass is 127. The van der Waals surface area contributed by atoms with Gasteiger partial charge in [-0.1, -0.05) is 30.3 Å². The molecule has 160 valence electrons. The van der Waals surface area contributed by atoms with E-state index in [0.29, 0.717) is 13.1 Å². The Morgan fingerprint density at radius 3 is 2.40 bits per heavy atom. The Kier molecular flexibility index (Phi) is 8.71. The molecule has 2 aromatic carbocycles. The Morgan fingerprint density at radius 2 is 1.77 bits per heavy atom.